The predicted molar refractivity (Wildman–Crippen MR) is 92.4 cm³/mol. The molecule has 0 heterocycles. The number of fused-ring (bicyclic) bond motifs is 1. The molecule has 4 nitrogen and oxygen atoms in total. The summed E-state index contributed by atoms with van der Waals surface area (Å²) >= 11 is 0. The molecule has 128 valence electrons. The maximum Gasteiger partial charge on any atom is 0.300 e. The first-order valence-electron chi connectivity index (χ1n) is 8.38. The summed E-state index contributed by atoms with van der Waals surface area (Å²) in [5.74, 6) is -0.626. The van der Waals surface area contributed by atoms with Gasteiger partial charge < -0.3 is 5.11 Å². The lowest BCUT2D eigenvalue weighted by molar-refractivity contribution is 0.0626. The molecule has 1 aliphatic rings. The van der Waals surface area contributed by atoms with Crippen molar-refractivity contribution in [2.75, 3.05) is 0 Å². The van der Waals surface area contributed by atoms with Crippen molar-refractivity contribution in [1.82, 2.24) is 0 Å². The molecule has 0 saturated heterocycles. The summed E-state index contributed by atoms with van der Waals surface area (Å²) in [6.45, 7) is 2.16. The van der Waals surface area contributed by atoms with Crippen LogP contribution in [0, 0.1) is 5.92 Å². The van der Waals surface area contributed by atoms with Crippen molar-refractivity contribution in [2.24, 2.45) is 5.92 Å². The van der Waals surface area contributed by atoms with Crippen LogP contribution >= 0.6 is 0 Å². The minimum atomic E-state index is -4.63. The van der Waals surface area contributed by atoms with Gasteiger partial charge in [-0.15, -0.1) is 0 Å². The number of hydrogen-bond donors (Lipinski definition) is 2. The van der Waals surface area contributed by atoms with Crippen molar-refractivity contribution in [3.8, 4) is 0 Å². The van der Waals surface area contributed by atoms with Gasteiger partial charge in [-0.25, -0.2) is 0 Å². The molecule has 0 aliphatic heterocycles. The predicted octanol–water partition coefficient (Wildman–Crippen LogP) is 4.11. The fourth-order valence-corrected chi connectivity index (χ4v) is 4.33. The molecular formula is C18H26O4S. The quantitative estimate of drug-likeness (QED) is 0.552. The summed E-state index contributed by atoms with van der Waals surface area (Å²) in [6.07, 6.45) is 10.6. The fourth-order valence-electron chi connectivity index (χ4n) is 3.29. The molecule has 2 rings (SSSR count). The van der Waals surface area contributed by atoms with Crippen LogP contribution in [0.4, 0.5) is 0 Å². The highest BCUT2D eigenvalue weighted by atomic mass is 32.2. The van der Waals surface area contributed by atoms with Crippen LogP contribution in [0.25, 0.3) is 6.08 Å². The highest BCUT2D eigenvalue weighted by Crippen LogP contribution is 2.43. The third-order valence-corrected chi connectivity index (χ3v) is 5.93. The van der Waals surface area contributed by atoms with Crippen LogP contribution in [0.3, 0.4) is 0 Å². The molecule has 5 heteroatoms. The van der Waals surface area contributed by atoms with Crippen LogP contribution in [0.15, 0.2) is 30.3 Å². The molecule has 1 aromatic carbocycles. The summed E-state index contributed by atoms with van der Waals surface area (Å²) in [5.41, 5.74) is 0.896. The standard InChI is InChI=1S/C18H26O4S/c1-2-3-4-5-6-7-11-16-14-13-15-10-8-9-12-17(15)18(16,19)23(20,21)22/h8-10,12-14,16,19H,2-7,11H2,1H3,(H,20,21,22). The SMILES string of the molecule is CCCCCCCCC1C=Cc2ccccc2C1(O)S(=O)(=O)O. The Bertz CT molecular complexity index is 651. The number of rotatable bonds is 8. The van der Waals surface area contributed by atoms with Crippen LogP contribution in [0.1, 0.15) is 63.0 Å². The zero-order chi connectivity index (χ0) is 16.9. The van der Waals surface area contributed by atoms with Crippen LogP contribution in [-0.2, 0) is 15.1 Å². The van der Waals surface area contributed by atoms with Crippen molar-refractivity contribution in [3.63, 3.8) is 0 Å². The topological polar surface area (TPSA) is 74.6 Å². The van der Waals surface area contributed by atoms with E-state index in [1.807, 2.05) is 6.08 Å². The van der Waals surface area contributed by atoms with Gasteiger partial charge in [0.25, 0.3) is 10.1 Å². The summed E-state index contributed by atoms with van der Waals surface area (Å²) in [4.78, 5) is -2.25. The summed E-state index contributed by atoms with van der Waals surface area (Å²) < 4.78 is 33.5. The number of unbranched alkanes of at least 4 members (excludes halogenated alkanes) is 5. The Morgan fingerprint density at radius 3 is 2.43 bits per heavy atom. The second-order valence-corrected chi connectivity index (χ2v) is 7.85. The van der Waals surface area contributed by atoms with Gasteiger partial charge in [-0.3, -0.25) is 4.55 Å². The van der Waals surface area contributed by atoms with Crippen molar-refractivity contribution >= 4 is 16.2 Å². The molecule has 0 radical (unpaired) electrons. The first-order chi connectivity index (χ1) is 10.9. The molecule has 1 aliphatic carbocycles. The third kappa shape index (κ3) is 3.84. The monoisotopic (exact) mass is 338 g/mol. The summed E-state index contributed by atoms with van der Waals surface area (Å²) in [6, 6.07) is 6.77. The molecule has 2 unspecified atom stereocenters. The molecule has 0 amide bonds. The van der Waals surface area contributed by atoms with Crippen molar-refractivity contribution in [3.05, 3.63) is 41.5 Å². The molecular weight excluding hydrogens is 312 g/mol. The van der Waals surface area contributed by atoms with E-state index in [9.17, 15) is 18.1 Å². The molecule has 0 aromatic heterocycles. The minimum absolute atomic E-state index is 0.265. The summed E-state index contributed by atoms with van der Waals surface area (Å²) in [5, 5.41) is 10.9. The second kappa shape index (κ2) is 7.60. The Labute approximate surface area is 139 Å². The normalized spacial score (nSPS) is 23.7. The maximum absolute atomic E-state index is 11.9. The Morgan fingerprint density at radius 1 is 1.09 bits per heavy atom. The van der Waals surface area contributed by atoms with Crippen LogP contribution in [0.5, 0.6) is 0 Å². The highest BCUT2D eigenvalue weighted by molar-refractivity contribution is 7.86. The second-order valence-electron chi connectivity index (χ2n) is 6.28. The van der Waals surface area contributed by atoms with Gasteiger partial charge in [0.2, 0.25) is 4.93 Å². The van der Waals surface area contributed by atoms with Crippen molar-refractivity contribution in [2.45, 2.75) is 56.8 Å². The van der Waals surface area contributed by atoms with Gasteiger partial charge in [0.1, 0.15) is 0 Å². The van der Waals surface area contributed by atoms with Gasteiger partial charge in [0.15, 0.2) is 0 Å². The van der Waals surface area contributed by atoms with Crippen LogP contribution in [-0.4, -0.2) is 18.1 Å². The van der Waals surface area contributed by atoms with Gasteiger partial charge in [0.05, 0.1) is 0 Å². The molecule has 2 N–H and O–H groups in total. The van der Waals surface area contributed by atoms with Gasteiger partial charge >= 0.3 is 0 Å². The van der Waals surface area contributed by atoms with Gasteiger partial charge in [0, 0.05) is 11.5 Å². The molecule has 23 heavy (non-hydrogen) atoms. The summed E-state index contributed by atoms with van der Waals surface area (Å²) in [7, 11) is -4.63. The lowest BCUT2D eigenvalue weighted by atomic mass is 9.83. The van der Waals surface area contributed by atoms with E-state index in [0.29, 0.717) is 12.0 Å². The number of benzene rings is 1. The van der Waals surface area contributed by atoms with E-state index in [1.54, 1.807) is 30.3 Å². The van der Waals surface area contributed by atoms with Crippen molar-refractivity contribution in [1.29, 1.82) is 0 Å². The van der Waals surface area contributed by atoms with Gasteiger partial charge in [-0.1, -0.05) is 81.9 Å². The highest BCUT2D eigenvalue weighted by Gasteiger charge is 2.50. The molecule has 0 saturated carbocycles. The average molecular weight is 338 g/mol. The van der Waals surface area contributed by atoms with Gasteiger partial charge in [-0.2, -0.15) is 8.42 Å². The smallest absolute Gasteiger partial charge is 0.300 e. The van der Waals surface area contributed by atoms with E-state index in [-0.39, 0.29) is 5.56 Å². The Kier molecular flexibility index (Phi) is 6.00. The molecule has 0 spiro atoms. The van der Waals surface area contributed by atoms with E-state index in [4.69, 9.17) is 0 Å². The first kappa shape index (κ1) is 18.2. The lowest BCUT2D eigenvalue weighted by Gasteiger charge is -2.35. The zero-order valence-electron chi connectivity index (χ0n) is 13.6. The number of hydrogen-bond acceptors (Lipinski definition) is 3. The zero-order valence-corrected chi connectivity index (χ0v) is 14.4. The molecule has 2 atom stereocenters. The largest absolute Gasteiger partial charge is 0.369 e. The average Bonchev–Trinajstić information content (AvgIpc) is 2.52. The van der Waals surface area contributed by atoms with E-state index in [2.05, 4.69) is 6.92 Å². The van der Waals surface area contributed by atoms with E-state index in [0.717, 1.165) is 19.3 Å². The molecule has 1 aromatic rings. The van der Waals surface area contributed by atoms with Crippen LogP contribution in [0.2, 0.25) is 0 Å². The van der Waals surface area contributed by atoms with E-state index < -0.39 is 21.0 Å². The Morgan fingerprint density at radius 2 is 1.74 bits per heavy atom. The first-order valence-corrected chi connectivity index (χ1v) is 9.82. The number of aliphatic hydroxyl groups is 1. The molecule has 0 fully saturated rings. The van der Waals surface area contributed by atoms with Gasteiger partial charge in [-0.05, 0) is 12.0 Å². The maximum atomic E-state index is 11.9. The molecule has 0 bridgehead atoms. The van der Waals surface area contributed by atoms with Crippen molar-refractivity contribution < 1.29 is 18.1 Å². The van der Waals surface area contributed by atoms with E-state index in [1.165, 1.54) is 19.3 Å². The minimum Gasteiger partial charge on any atom is -0.369 e. The lowest BCUT2D eigenvalue weighted by Crippen LogP contribution is -2.43. The Hall–Kier alpha value is -1.17. The Balaban J connectivity index is 2.14. The van der Waals surface area contributed by atoms with Crippen LogP contribution < -0.4 is 0 Å². The fraction of sp³-hybridized carbons (Fsp3) is 0.556. The third-order valence-electron chi connectivity index (χ3n) is 4.62. The van der Waals surface area contributed by atoms with E-state index >= 15 is 0 Å².